The summed E-state index contributed by atoms with van der Waals surface area (Å²) in [6, 6.07) is 2.19. The topological polar surface area (TPSA) is 96.5 Å². The van der Waals surface area contributed by atoms with Gasteiger partial charge in [0.25, 0.3) is 0 Å². The summed E-state index contributed by atoms with van der Waals surface area (Å²) in [5.74, 6) is -0.899. The predicted molar refractivity (Wildman–Crippen MR) is 106 cm³/mol. The molecule has 0 aromatic carbocycles. The third-order valence-corrected chi connectivity index (χ3v) is 5.33. The number of rotatable bonds is 3. The second-order valence-electron chi connectivity index (χ2n) is 7.80. The molecule has 2 N–H and O–H groups in total. The van der Waals surface area contributed by atoms with Crippen LogP contribution in [0.4, 0.5) is 42.8 Å². The van der Waals surface area contributed by atoms with E-state index in [1.54, 1.807) is 0 Å². The van der Waals surface area contributed by atoms with Gasteiger partial charge in [0.15, 0.2) is 0 Å². The Labute approximate surface area is 188 Å². The SMILES string of the molecule is CC(=O)N[C@H]1CCN(c2cc(C(F)(F)F)cc(-c3ccnc4c3[C@H](C(F)(F)F)OC(=O)N4)n2)C1. The lowest BCUT2D eigenvalue weighted by molar-refractivity contribution is -0.206. The Kier molecular flexibility index (Phi) is 5.77. The normalized spacial score (nSPS) is 20.4. The highest BCUT2D eigenvalue weighted by Gasteiger charge is 2.49. The minimum Gasteiger partial charge on any atom is -0.431 e. The quantitative estimate of drug-likeness (QED) is 0.632. The minimum atomic E-state index is -5.05. The van der Waals surface area contributed by atoms with Gasteiger partial charge < -0.3 is 15.0 Å². The van der Waals surface area contributed by atoms with Crippen LogP contribution in [0.25, 0.3) is 11.3 Å². The summed E-state index contributed by atoms with van der Waals surface area (Å²) in [7, 11) is 0. The average molecular weight is 489 g/mol. The van der Waals surface area contributed by atoms with Crippen molar-refractivity contribution in [3.05, 3.63) is 35.5 Å². The molecule has 0 bridgehead atoms. The number of hydrogen-bond acceptors (Lipinski definition) is 6. The van der Waals surface area contributed by atoms with Gasteiger partial charge in [-0.2, -0.15) is 26.3 Å². The van der Waals surface area contributed by atoms with Crippen molar-refractivity contribution in [3.63, 3.8) is 0 Å². The minimum absolute atomic E-state index is 0.118. The first-order valence-corrected chi connectivity index (χ1v) is 9.98. The predicted octanol–water partition coefficient (Wildman–Crippen LogP) is 4.04. The number of nitrogens with one attached hydrogen (secondary N) is 2. The van der Waals surface area contributed by atoms with Crippen molar-refractivity contribution >= 4 is 23.6 Å². The van der Waals surface area contributed by atoms with Crippen molar-refractivity contribution in [2.24, 2.45) is 0 Å². The van der Waals surface area contributed by atoms with Gasteiger partial charge in [0, 0.05) is 37.8 Å². The van der Waals surface area contributed by atoms with E-state index in [0.29, 0.717) is 12.5 Å². The first-order chi connectivity index (χ1) is 15.8. The smallest absolute Gasteiger partial charge is 0.430 e. The van der Waals surface area contributed by atoms with E-state index in [9.17, 15) is 35.9 Å². The Morgan fingerprint density at radius 2 is 1.97 bits per heavy atom. The molecular weight excluding hydrogens is 472 g/mol. The third kappa shape index (κ3) is 4.70. The molecule has 0 aliphatic carbocycles. The number of carbonyl (C=O) groups excluding carboxylic acids is 2. The second kappa shape index (κ2) is 8.33. The Hall–Kier alpha value is -3.58. The summed E-state index contributed by atoms with van der Waals surface area (Å²) in [4.78, 5) is 32.3. The summed E-state index contributed by atoms with van der Waals surface area (Å²) >= 11 is 0. The van der Waals surface area contributed by atoms with Gasteiger partial charge in [-0.15, -0.1) is 0 Å². The molecule has 14 heteroatoms. The first-order valence-electron chi connectivity index (χ1n) is 9.98. The van der Waals surface area contributed by atoms with Crippen molar-refractivity contribution in [2.75, 3.05) is 23.3 Å². The molecule has 2 aromatic heterocycles. The van der Waals surface area contributed by atoms with Crippen LogP contribution in [-0.4, -0.2) is 47.3 Å². The summed E-state index contributed by atoms with van der Waals surface area (Å²) in [6.45, 7) is 1.76. The third-order valence-electron chi connectivity index (χ3n) is 5.33. The number of halogens is 6. The van der Waals surface area contributed by atoms with E-state index in [-0.39, 0.29) is 36.4 Å². The largest absolute Gasteiger partial charge is 0.431 e. The van der Waals surface area contributed by atoms with Crippen LogP contribution in [0, 0.1) is 0 Å². The molecule has 182 valence electrons. The summed E-state index contributed by atoms with van der Waals surface area (Å²) in [6.07, 6.45) is -12.5. The molecule has 2 aliphatic heterocycles. The highest BCUT2D eigenvalue weighted by atomic mass is 19.4. The molecule has 2 atom stereocenters. The van der Waals surface area contributed by atoms with Crippen LogP contribution in [0.2, 0.25) is 0 Å². The Balaban J connectivity index is 1.83. The van der Waals surface area contributed by atoms with Crippen LogP contribution in [-0.2, 0) is 15.7 Å². The fourth-order valence-corrected chi connectivity index (χ4v) is 3.94. The molecule has 1 saturated heterocycles. The van der Waals surface area contributed by atoms with Gasteiger partial charge in [-0.3, -0.25) is 10.1 Å². The number of pyridine rings is 2. The highest BCUT2D eigenvalue weighted by Crippen LogP contribution is 2.46. The number of carbonyl (C=O) groups is 2. The number of anilines is 2. The number of cyclic esters (lactones) is 1. The lowest BCUT2D eigenvalue weighted by Crippen LogP contribution is -2.35. The lowest BCUT2D eigenvalue weighted by Gasteiger charge is -2.29. The molecule has 4 heterocycles. The van der Waals surface area contributed by atoms with Crippen LogP contribution < -0.4 is 15.5 Å². The number of fused-ring (bicyclic) bond motifs is 1. The van der Waals surface area contributed by atoms with Crippen LogP contribution in [0.1, 0.15) is 30.6 Å². The molecule has 2 aliphatic rings. The molecule has 2 aromatic rings. The van der Waals surface area contributed by atoms with Gasteiger partial charge in [0.2, 0.25) is 12.0 Å². The zero-order valence-electron chi connectivity index (χ0n) is 17.4. The summed E-state index contributed by atoms with van der Waals surface area (Å²) in [5.41, 5.74) is -2.49. The van der Waals surface area contributed by atoms with Crippen molar-refractivity contribution in [2.45, 2.75) is 37.8 Å². The summed E-state index contributed by atoms with van der Waals surface area (Å²) < 4.78 is 86.4. The maximum absolute atomic E-state index is 13.7. The fraction of sp³-hybridized carbons (Fsp3) is 0.400. The lowest BCUT2D eigenvalue weighted by atomic mass is 9.98. The maximum Gasteiger partial charge on any atom is 0.430 e. The number of hydrogen-bond donors (Lipinski definition) is 2. The number of alkyl halides is 6. The van der Waals surface area contributed by atoms with Gasteiger partial charge in [-0.25, -0.2) is 14.8 Å². The molecule has 8 nitrogen and oxygen atoms in total. The molecule has 0 spiro atoms. The molecule has 0 saturated carbocycles. The van der Waals surface area contributed by atoms with Crippen molar-refractivity contribution < 1.29 is 40.7 Å². The molecule has 2 amide bonds. The molecular formula is C20H17F6N5O3. The fourth-order valence-electron chi connectivity index (χ4n) is 3.94. The van der Waals surface area contributed by atoms with E-state index in [4.69, 9.17) is 0 Å². The first kappa shape index (κ1) is 23.6. The van der Waals surface area contributed by atoms with Crippen molar-refractivity contribution in [1.29, 1.82) is 0 Å². The Bertz CT molecular complexity index is 1140. The molecule has 0 radical (unpaired) electrons. The van der Waals surface area contributed by atoms with Gasteiger partial charge in [0.1, 0.15) is 11.6 Å². The van der Waals surface area contributed by atoms with Gasteiger partial charge >= 0.3 is 18.4 Å². The number of amides is 2. The molecule has 0 unspecified atom stereocenters. The second-order valence-corrected chi connectivity index (χ2v) is 7.80. The zero-order valence-corrected chi connectivity index (χ0v) is 17.4. The van der Waals surface area contributed by atoms with Crippen LogP contribution >= 0.6 is 0 Å². The van der Waals surface area contributed by atoms with Crippen LogP contribution in [0.5, 0.6) is 0 Å². The van der Waals surface area contributed by atoms with Crippen LogP contribution in [0.15, 0.2) is 24.4 Å². The number of nitrogens with zero attached hydrogens (tertiary/aromatic N) is 3. The van der Waals surface area contributed by atoms with Crippen LogP contribution in [0.3, 0.4) is 0 Å². The van der Waals surface area contributed by atoms with E-state index in [0.717, 1.165) is 18.3 Å². The Morgan fingerprint density at radius 3 is 2.62 bits per heavy atom. The number of aromatic nitrogens is 2. The average Bonchev–Trinajstić information content (AvgIpc) is 3.18. The zero-order chi connectivity index (χ0) is 24.8. The standard InChI is InChI=1S/C20H17F6N5O3/c1-9(32)28-11-3-5-31(8-11)14-7-10(19(21,22)23)6-13(29-14)12-2-4-27-17-15(12)16(20(24,25)26)34-18(33)30-17/h2,4,6-7,11,16H,3,5,8H2,1H3,(H,28,32)(H,27,30,33)/t11-,16+/m0/s1. The van der Waals surface area contributed by atoms with Crippen molar-refractivity contribution in [1.82, 2.24) is 15.3 Å². The monoisotopic (exact) mass is 489 g/mol. The molecule has 1 fully saturated rings. The van der Waals surface area contributed by atoms with E-state index >= 15 is 0 Å². The van der Waals surface area contributed by atoms with Gasteiger partial charge in [-0.1, -0.05) is 0 Å². The highest BCUT2D eigenvalue weighted by molar-refractivity contribution is 5.89. The maximum atomic E-state index is 13.7. The number of ether oxygens (including phenoxy) is 1. The summed E-state index contributed by atoms with van der Waals surface area (Å²) in [5, 5.41) is 4.72. The van der Waals surface area contributed by atoms with Gasteiger partial charge in [-0.05, 0) is 24.6 Å². The molecule has 34 heavy (non-hydrogen) atoms. The Morgan fingerprint density at radius 1 is 1.24 bits per heavy atom. The van der Waals surface area contributed by atoms with E-state index in [2.05, 4.69) is 20.0 Å². The van der Waals surface area contributed by atoms with E-state index < -0.39 is 47.2 Å². The van der Waals surface area contributed by atoms with Gasteiger partial charge in [0.05, 0.1) is 16.8 Å². The van der Waals surface area contributed by atoms with E-state index in [1.165, 1.54) is 11.8 Å². The van der Waals surface area contributed by atoms with Crippen molar-refractivity contribution in [3.8, 4) is 11.3 Å². The molecule has 4 rings (SSSR count). The van der Waals surface area contributed by atoms with E-state index in [1.807, 2.05) is 5.32 Å².